The molecular formula is C17H34IN5O2S2. The van der Waals surface area contributed by atoms with Gasteiger partial charge in [-0.15, -0.1) is 24.0 Å². The van der Waals surface area contributed by atoms with Crippen LogP contribution in [0.1, 0.15) is 19.8 Å². The Morgan fingerprint density at radius 2 is 1.85 bits per heavy atom. The van der Waals surface area contributed by atoms with Crippen molar-refractivity contribution in [3.8, 4) is 0 Å². The van der Waals surface area contributed by atoms with Crippen LogP contribution < -0.4 is 10.6 Å². The standard InChI is InChI=1S/C17H33N5O2S2.HI/c1-15(2)14-21-7-4-16(5-8-21)20-17(18-3)19-6-13-26(23,24)22-9-11-25-12-10-22;/h16H,1,4-14H2,2-3H3,(H2,18,19,20);1H. The number of halogens is 1. The minimum Gasteiger partial charge on any atom is -0.355 e. The van der Waals surface area contributed by atoms with E-state index >= 15 is 0 Å². The molecule has 0 atom stereocenters. The summed E-state index contributed by atoms with van der Waals surface area (Å²) in [6.45, 7) is 10.7. The minimum atomic E-state index is -3.18. The monoisotopic (exact) mass is 531 g/mol. The van der Waals surface area contributed by atoms with Crippen LogP contribution in [0.5, 0.6) is 0 Å². The number of hydrogen-bond donors (Lipinski definition) is 2. The van der Waals surface area contributed by atoms with Crippen LogP contribution in [0.2, 0.25) is 0 Å². The zero-order valence-electron chi connectivity index (χ0n) is 16.4. The highest BCUT2D eigenvalue weighted by molar-refractivity contribution is 14.0. The predicted molar refractivity (Wildman–Crippen MR) is 127 cm³/mol. The summed E-state index contributed by atoms with van der Waals surface area (Å²) in [5.74, 6) is 2.57. The van der Waals surface area contributed by atoms with E-state index in [1.54, 1.807) is 11.4 Å². The molecule has 0 aromatic carbocycles. The van der Waals surface area contributed by atoms with Gasteiger partial charge >= 0.3 is 0 Å². The first-order valence-corrected chi connectivity index (χ1v) is 12.1. The number of hydrogen-bond acceptors (Lipinski definition) is 5. The first kappa shape index (κ1) is 25.0. The molecule has 7 nitrogen and oxygen atoms in total. The van der Waals surface area contributed by atoms with Crippen LogP contribution in [0.25, 0.3) is 0 Å². The van der Waals surface area contributed by atoms with Gasteiger partial charge in [0.15, 0.2) is 5.96 Å². The number of sulfonamides is 1. The third-order valence-corrected chi connectivity index (χ3v) is 7.48. The Morgan fingerprint density at radius 1 is 1.22 bits per heavy atom. The van der Waals surface area contributed by atoms with Crippen LogP contribution >= 0.6 is 35.7 Å². The highest BCUT2D eigenvalue weighted by Gasteiger charge is 2.24. The smallest absolute Gasteiger partial charge is 0.215 e. The lowest BCUT2D eigenvalue weighted by atomic mass is 10.0. The summed E-state index contributed by atoms with van der Waals surface area (Å²) in [6.07, 6.45) is 2.11. The van der Waals surface area contributed by atoms with Crippen molar-refractivity contribution in [1.82, 2.24) is 19.8 Å². The maximum absolute atomic E-state index is 12.4. The first-order chi connectivity index (χ1) is 12.4. The molecule has 27 heavy (non-hydrogen) atoms. The van der Waals surface area contributed by atoms with E-state index in [1.807, 2.05) is 11.8 Å². The highest BCUT2D eigenvalue weighted by atomic mass is 127. The van der Waals surface area contributed by atoms with Crippen molar-refractivity contribution in [2.45, 2.75) is 25.8 Å². The molecule has 2 aliphatic rings. The quantitative estimate of drug-likeness (QED) is 0.223. The number of nitrogens with one attached hydrogen (secondary N) is 2. The zero-order valence-corrected chi connectivity index (χ0v) is 20.4. The zero-order chi connectivity index (χ0) is 19.0. The van der Waals surface area contributed by atoms with E-state index < -0.39 is 10.0 Å². The van der Waals surface area contributed by atoms with E-state index in [9.17, 15) is 8.42 Å². The van der Waals surface area contributed by atoms with Crippen molar-refractivity contribution >= 4 is 51.7 Å². The Bertz CT molecular complexity index is 586. The Labute approximate surface area is 185 Å². The number of guanidine groups is 1. The number of thioether (sulfide) groups is 1. The van der Waals surface area contributed by atoms with Crippen molar-refractivity contribution < 1.29 is 8.42 Å². The lowest BCUT2D eigenvalue weighted by Crippen LogP contribution is -2.50. The fourth-order valence-electron chi connectivity index (χ4n) is 3.26. The van der Waals surface area contributed by atoms with Gasteiger partial charge in [0, 0.05) is 63.9 Å². The number of rotatable bonds is 7. The van der Waals surface area contributed by atoms with E-state index in [0.29, 0.717) is 31.6 Å². The van der Waals surface area contributed by atoms with E-state index in [-0.39, 0.29) is 29.7 Å². The van der Waals surface area contributed by atoms with Crippen LogP contribution in [0.4, 0.5) is 0 Å². The lowest BCUT2D eigenvalue weighted by Gasteiger charge is -2.33. The normalized spacial score (nSPS) is 20.7. The van der Waals surface area contributed by atoms with Crippen molar-refractivity contribution in [2.75, 3.05) is 63.6 Å². The van der Waals surface area contributed by atoms with Gasteiger partial charge in [-0.2, -0.15) is 11.8 Å². The van der Waals surface area contributed by atoms with Crippen LogP contribution in [0.3, 0.4) is 0 Å². The SMILES string of the molecule is C=C(C)CN1CCC(NC(=NC)NCCS(=O)(=O)N2CCSCC2)CC1.I. The Hall–Kier alpha value is -0.0400. The molecule has 2 saturated heterocycles. The third kappa shape index (κ3) is 8.88. The average Bonchev–Trinajstić information content (AvgIpc) is 2.62. The highest BCUT2D eigenvalue weighted by Crippen LogP contribution is 2.13. The number of piperidine rings is 1. The number of likely N-dealkylation sites (tertiary alicyclic amines) is 1. The molecule has 2 rings (SSSR count). The fourth-order valence-corrected chi connectivity index (χ4v) is 5.75. The molecule has 0 unspecified atom stereocenters. The molecule has 0 saturated carbocycles. The van der Waals surface area contributed by atoms with Crippen LogP contribution in [-0.4, -0.2) is 93.2 Å². The second kappa shape index (κ2) is 12.5. The Kier molecular flexibility index (Phi) is 11.6. The van der Waals surface area contributed by atoms with Crippen LogP contribution in [-0.2, 0) is 10.0 Å². The van der Waals surface area contributed by atoms with Gasteiger partial charge in [-0.3, -0.25) is 9.89 Å². The molecule has 2 fully saturated rings. The summed E-state index contributed by atoms with van der Waals surface area (Å²) >= 11 is 1.81. The van der Waals surface area contributed by atoms with Gasteiger partial charge in [-0.1, -0.05) is 12.2 Å². The van der Waals surface area contributed by atoms with Gasteiger partial charge < -0.3 is 10.6 Å². The second-order valence-corrected chi connectivity index (χ2v) is 10.3. The fraction of sp³-hybridized carbons (Fsp3) is 0.824. The largest absolute Gasteiger partial charge is 0.355 e. The average molecular weight is 532 g/mol. The molecule has 2 heterocycles. The maximum Gasteiger partial charge on any atom is 0.215 e. The predicted octanol–water partition coefficient (Wildman–Crippen LogP) is 1.19. The van der Waals surface area contributed by atoms with Gasteiger partial charge in [0.05, 0.1) is 5.75 Å². The molecule has 0 spiro atoms. The van der Waals surface area contributed by atoms with Crippen molar-refractivity contribution in [3.05, 3.63) is 12.2 Å². The topological polar surface area (TPSA) is 77.0 Å². The molecule has 0 aromatic heterocycles. The third-order valence-electron chi connectivity index (χ3n) is 4.66. The second-order valence-electron chi connectivity index (χ2n) is 6.98. The summed E-state index contributed by atoms with van der Waals surface area (Å²) in [5.41, 5.74) is 1.20. The summed E-state index contributed by atoms with van der Waals surface area (Å²) in [6, 6.07) is 0.373. The molecule has 158 valence electrons. The van der Waals surface area contributed by atoms with Gasteiger partial charge in [0.25, 0.3) is 0 Å². The van der Waals surface area contributed by atoms with E-state index in [1.165, 1.54) is 5.57 Å². The lowest BCUT2D eigenvalue weighted by molar-refractivity contribution is 0.221. The number of aliphatic imine (C=N–C) groups is 1. The maximum atomic E-state index is 12.4. The summed E-state index contributed by atoms with van der Waals surface area (Å²) in [7, 11) is -1.46. The minimum absolute atomic E-state index is 0. The van der Waals surface area contributed by atoms with E-state index in [0.717, 1.165) is 44.0 Å². The molecular weight excluding hydrogens is 497 g/mol. The van der Waals surface area contributed by atoms with Crippen molar-refractivity contribution in [2.24, 2.45) is 4.99 Å². The molecule has 0 aromatic rings. The first-order valence-electron chi connectivity index (χ1n) is 9.30. The Balaban J connectivity index is 0.00000364. The molecule has 2 aliphatic heterocycles. The molecule has 0 aliphatic carbocycles. The van der Waals surface area contributed by atoms with Gasteiger partial charge in [0.1, 0.15) is 0 Å². The van der Waals surface area contributed by atoms with Crippen LogP contribution in [0, 0.1) is 0 Å². The van der Waals surface area contributed by atoms with Crippen molar-refractivity contribution in [1.29, 1.82) is 0 Å². The number of nitrogens with zero attached hydrogens (tertiary/aromatic N) is 3. The summed E-state index contributed by atoms with van der Waals surface area (Å²) < 4.78 is 26.4. The Morgan fingerprint density at radius 3 is 2.41 bits per heavy atom. The van der Waals surface area contributed by atoms with Gasteiger partial charge in [0.2, 0.25) is 10.0 Å². The van der Waals surface area contributed by atoms with Crippen LogP contribution in [0.15, 0.2) is 17.1 Å². The molecule has 10 heteroatoms. The van der Waals surface area contributed by atoms with E-state index in [4.69, 9.17) is 0 Å². The van der Waals surface area contributed by atoms with Gasteiger partial charge in [-0.05, 0) is 19.8 Å². The molecule has 0 bridgehead atoms. The van der Waals surface area contributed by atoms with Gasteiger partial charge in [-0.25, -0.2) is 12.7 Å². The van der Waals surface area contributed by atoms with E-state index in [2.05, 4.69) is 34.0 Å². The molecule has 0 radical (unpaired) electrons. The van der Waals surface area contributed by atoms with Crippen molar-refractivity contribution in [3.63, 3.8) is 0 Å². The molecule has 2 N–H and O–H groups in total. The summed E-state index contributed by atoms with van der Waals surface area (Å²) in [5, 5.41) is 6.58. The molecule has 0 amide bonds. The summed E-state index contributed by atoms with van der Waals surface area (Å²) in [4.78, 5) is 6.65.